The van der Waals surface area contributed by atoms with Crippen LogP contribution in [0.15, 0.2) is 47.4 Å². The number of rotatable bonds is 3. The molecule has 0 radical (unpaired) electrons. The summed E-state index contributed by atoms with van der Waals surface area (Å²) in [4.78, 5) is 11.2. The molecule has 0 saturated carbocycles. The van der Waals surface area contributed by atoms with Crippen molar-refractivity contribution < 1.29 is 8.42 Å². The Balaban J connectivity index is 1.37. The maximum atomic E-state index is 13.2. The molecule has 0 atom stereocenters. The zero-order valence-electron chi connectivity index (χ0n) is 16.6. The minimum Gasteiger partial charge on any atom is -0.353 e. The molecule has 2 heterocycles. The van der Waals surface area contributed by atoms with E-state index in [1.807, 2.05) is 36.4 Å². The first-order valence-electron chi connectivity index (χ1n) is 10.3. The molecule has 0 N–H and O–H groups in total. The number of fused-ring (bicyclic) bond motifs is 2. The van der Waals surface area contributed by atoms with Crippen molar-refractivity contribution in [1.29, 1.82) is 0 Å². The van der Waals surface area contributed by atoms with Gasteiger partial charge in [0.25, 0.3) is 0 Å². The Bertz CT molecular complexity index is 1210. The van der Waals surface area contributed by atoms with Gasteiger partial charge in [0, 0.05) is 31.6 Å². The van der Waals surface area contributed by atoms with Crippen molar-refractivity contribution in [1.82, 2.24) is 14.3 Å². The zero-order chi connectivity index (χ0) is 20.7. The van der Waals surface area contributed by atoms with Gasteiger partial charge in [0.2, 0.25) is 15.3 Å². The smallest absolute Gasteiger partial charge is 0.243 e. The highest BCUT2D eigenvalue weighted by Crippen LogP contribution is 2.29. The van der Waals surface area contributed by atoms with Crippen LogP contribution in [0.5, 0.6) is 0 Å². The molecule has 156 valence electrons. The van der Waals surface area contributed by atoms with E-state index in [4.69, 9.17) is 11.6 Å². The van der Waals surface area contributed by atoms with Gasteiger partial charge in [0.1, 0.15) is 5.82 Å². The van der Waals surface area contributed by atoms with E-state index in [1.165, 1.54) is 17.5 Å². The topological polar surface area (TPSA) is 66.4 Å². The van der Waals surface area contributed by atoms with E-state index in [1.54, 1.807) is 10.4 Å². The Labute approximate surface area is 181 Å². The second-order valence-corrected chi connectivity index (χ2v) is 10.1. The van der Waals surface area contributed by atoms with Gasteiger partial charge < -0.3 is 4.90 Å². The maximum Gasteiger partial charge on any atom is 0.243 e. The SMILES string of the molecule is O=S(=O)(c1ccc2c(c1)CCCC2)N1CCN(c2nc(Cl)nc3ccccc23)CC1. The third-order valence-electron chi connectivity index (χ3n) is 6.05. The van der Waals surface area contributed by atoms with Crippen molar-refractivity contribution in [2.75, 3.05) is 31.1 Å². The Kier molecular flexibility index (Phi) is 5.13. The van der Waals surface area contributed by atoms with Gasteiger partial charge in [-0.3, -0.25) is 0 Å². The first-order valence-corrected chi connectivity index (χ1v) is 12.1. The lowest BCUT2D eigenvalue weighted by molar-refractivity contribution is 0.384. The zero-order valence-corrected chi connectivity index (χ0v) is 18.2. The molecule has 1 fully saturated rings. The van der Waals surface area contributed by atoms with Gasteiger partial charge >= 0.3 is 0 Å². The fourth-order valence-electron chi connectivity index (χ4n) is 4.43. The summed E-state index contributed by atoms with van der Waals surface area (Å²) in [6.07, 6.45) is 4.32. The fourth-order valence-corrected chi connectivity index (χ4v) is 6.08. The summed E-state index contributed by atoms with van der Waals surface area (Å²) in [6, 6.07) is 13.4. The number of aromatic nitrogens is 2. The van der Waals surface area contributed by atoms with Crippen molar-refractivity contribution in [2.24, 2.45) is 0 Å². The lowest BCUT2D eigenvalue weighted by Crippen LogP contribution is -2.49. The first kappa shape index (κ1) is 19.7. The Morgan fingerprint density at radius 2 is 1.60 bits per heavy atom. The highest BCUT2D eigenvalue weighted by Gasteiger charge is 2.30. The van der Waals surface area contributed by atoms with Crippen molar-refractivity contribution in [3.8, 4) is 0 Å². The van der Waals surface area contributed by atoms with Crippen molar-refractivity contribution in [3.05, 3.63) is 58.9 Å². The van der Waals surface area contributed by atoms with Crippen LogP contribution in [0.2, 0.25) is 5.28 Å². The van der Waals surface area contributed by atoms with Crippen LogP contribution in [-0.4, -0.2) is 48.9 Å². The van der Waals surface area contributed by atoms with Gasteiger partial charge in [-0.15, -0.1) is 0 Å². The fraction of sp³-hybridized carbons (Fsp3) is 0.364. The van der Waals surface area contributed by atoms with Crippen molar-refractivity contribution >= 4 is 38.3 Å². The number of halogens is 1. The highest BCUT2D eigenvalue weighted by atomic mass is 35.5. The molecule has 0 spiro atoms. The van der Waals surface area contributed by atoms with Crippen LogP contribution in [0.4, 0.5) is 5.82 Å². The molecule has 1 saturated heterocycles. The number of hydrogen-bond donors (Lipinski definition) is 0. The lowest BCUT2D eigenvalue weighted by Gasteiger charge is -2.35. The molecule has 8 heteroatoms. The van der Waals surface area contributed by atoms with Crippen LogP contribution in [0.25, 0.3) is 10.9 Å². The van der Waals surface area contributed by atoms with E-state index < -0.39 is 10.0 Å². The summed E-state index contributed by atoms with van der Waals surface area (Å²) in [7, 11) is -3.50. The standard InChI is InChI=1S/C22H23ClN4O2S/c23-22-24-20-8-4-3-7-19(20)21(25-22)26-11-13-27(14-12-26)30(28,29)18-10-9-16-5-1-2-6-17(16)15-18/h3-4,7-10,15H,1-2,5-6,11-14H2. The largest absolute Gasteiger partial charge is 0.353 e. The number of hydrogen-bond acceptors (Lipinski definition) is 5. The molecule has 0 amide bonds. The van der Waals surface area contributed by atoms with Crippen molar-refractivity contribution in [3.63, 3.8) is 0 Å². The number of piperazine rings is 1. The normalized spacial score (nSPS) is 17.8. The Morgan fingerprint density at radius 1 is 0.867 bits per heavy atom. The van der Waals surface area contributed by atoms with E-state index in [9.17, 15) is 8.42 Å². The van der Waals surface area contributed by atoms with Crippen LogP contribution in [0.3, 0.4) is 0 Å². The molecule has 3 aromatic rings. The molecule has 1 aromatic heterocycles. The second kappa shape index (κ2) is 7.80. The minimum atomic E-state index is -3.50. The number of benzene rings is 2. The van der Waals surface area contributed by atoms with Gasteiger partial charge in [-0.25, -0.2) is 13.4 Å². The summed E-state index contributed by atoms with van der Waals surface area (Å²) >= 11 is 6.13. The number of para-hydroxylation sites is 1. The van der Waals surface area contributed by atoms with Gasteiger partial charge in [-0.1, -0.05) is 18.2 Å². The number of nitrogens with zero attached hydrogens (tertiary/aromatic N) is 4. The van der Waals surface area contributed by atoms with Crippen LogP contribution in [-0.2, 0) is 22.9 Å². The van der Waals surface area contributed by atoms with Gasteiger partial charge in [-0.2, -0.15) is 9.29 Å². The molecular weight excluding hydrogens is 420 g/mol. The average Bonchev–Trinajstić information content (AvgIpc) is 2.78. The Morgan fingerprint density at radius 3 is 2.40 bits per heavy atom. The van der Waals surface area contributed by atoms with Gasteiger partial charge in [0.05, 0.1) is 10.4 Å². The van der Waals surface area contributed by atoms with Gasteiger partial charge in [-0.05, 0) is 72.7 Å². The predicted octanol–water partition coefficient (Wildman–Crippen LogP) is 3.67. The molecule has 30 heavy (non-hydrogen) atoms. The summed E-state index contributed by atoms with van der Waals surface area (Å²) < 4.78 is 28.1. The molecule has 0 unspecified atom stereocenters. The van der Waals surface area contributed by atoms with E-state index in [0.29, 0.717) is 31.1 Å². The summed E-state index contributed by atoms with van der Waals surface area (Å²) in [5.41, 5.74) is 3.26. The van der Waals surface area contributed by atoms with Crippen molar-refractivity contribution in [2.45, 2.75) is 30.6 Å². The molecule has 2 aromatic carbocycles. The highest BCUT2D eigenvalue weighted by molar-refractivity contribution is 7.89. The van der Waals surface area contributed by atoms with E-state index >= 15 is 0 Å². The van der Waals surface area contributed by atoms with E-state index in [-0.39, 0.29) is 5.28 Å². The third-order valence-corrected chi connectivity index (χ3v) is 8.12. The van der Waals surface area contributed by atoms with Crippen LogP contribution >= 0.6 is 11.6 Å². The summed E-state index contributed by atoms with van der Waals surface area (Å²) in [5.74, 6) is 0.761. The Hall–Kier alpha value is -2.22. The molecule has 1 aliphatic carbocycles. The third kappa shape index (κ3) is 3.55. The molecule has 6 nitrogen and oxygen atoms in total. The minimum absolute atomic E-state index is 0.202. The molecule has 2 aliphatic rings. The number of anilines is 1. The maximum absolute atomic E-state index is 13.2. The summed E-state index contributed by atoms with van der Waals surface area (Å²) in [5, 5.41) is 1.13. The number of aryl methyl sites for hydroxylation is 2. The van der Waals surface area contributed by atoms with Crippen LogP contribution in [0, 0.1) is 0 Å². The quantitative estimate of drug-likeness (QED) is 0.579. The average molecular weight is 443 g/mol. The monoisotopic (exact) mass is 442 g/mol. The van der Waals surface area contributed by atoms with E-state index in [2.05, 4.69) is 14.9 Å². The van der Waals surface area contributed by atoms with Crippen LogP contribution in [0.1, 0.15) is 24.0 Å². The second-order valence-electron chi connectivity index (χ2n) is 7.86. The lowest BCUT2D eigenvalue weighted by atomic mass is 9.92. The number of sulfonamides is 1. The molecule has 5 rings (SSSR count). The van der Waals surface area contributed by atoms with E-state index in [0.717, 1.165) is 36.0 Å². The molecule has 1 aliphatic heterocycles. The van der Waals surface area contributed by atoms with Crippen LogP contribution < -0.4 is 4.90 Å². The molecular formula is C22H23ClN4O2S. The van der Waals surface area contributed by atoms with Gasteiger partial charge in [0.15, 0.2) is 0 Å². The molecule has 0 bridgehead atoms. The summed E-state index contributed by atoms with van der Waals surface area (Å²) in [6.45, 7) is 1.94. The first-order chi connectivity index (χ1) is 14.5. The predicted molar refractivity (Wildman–Crippen MR) is 119 cm³/mol.